The van der Waals surface area contributed by atoms with Crippen molar-refractivity contribution in [3.05, 3.63) is 29.3 Å². The zero-order valence-electron chi connectivity index (χ0n) is 15.8. The molecule has 1 fully saturated rings. The maximum atomic E-state index is 13.1. The summed E-state index contributed by atoms with van der Waals surface area (Å²) in [7, 11) is -2.01. The second-order valence-electron chi connectivity index (χ2n) is 6.64. The highest BCUT2D eigenvalue weighted by atomic mass is 32.2. The lowest BCUT2D eigenvalue weighted by Crippen LogP contribution is -2.46. The number of piperidine rings is 1. The van der Waals surface area contributed by atoms with Crippen molar-refractivity contribution in [3.63, 3.8) is 0 Å². The number of likely N-dealkylation sites (N-methyl/N-ethyl adjacent to an activating group) is 1. The van der Waals surface area contributed by atoms with E-state index in [9.17, 15) is 18.0 Å². The highest BCUT2D eigenvalue weighted by molar-refractivity contribution is 7.89. The van der Waals surface area contributed by atoms with Crippen LogP contribution < -0.4 is 0 Å². The summed E-state index contributed by atoms with van der Waals surface area (Å²) in [5.74, 6) is -1.46. The molecule has 1 heterocycles. The maximum Gasteiger partial charge on any atom is 0.338 e. The van der Waals surface area contributed by atoms with Crippen LogP contribution in [0.25, 0.3) is 0 Å². The first-order valence-corrected chi connectivity index (χ1v) is 10.3. The van der Waals surface area contributed by atoms with Gasteiger partial charge in [0.05, 0.1) is 23.6 Å². The number of carbonyl (C=O) groups is 2. The number of carboxylic acid groups (broad SMARTS) is 1. The molecule has 0 bridgehead atoms. The van der Waals surface area contributed by atoms with Gasteiger partial charge in [-0.2, -0.15) is 4.31 Å². The van der Waals surface area contributed by atoms with E-state index in [4.69, 9.17) is 9.84 Å². The van der Waals surface area contributed by atoms with Gasteiger partial charge in [-0.3, -0.25) is 9.69 Å². The van der Waals surface area contributed by atoms with Gasteiger partial charge >= 0.3 is 11.9 Å². The second-order valence-corrected chi connectivity index (χ2v) is 8.55. The van der Waals surface area contributed by atoms with Crippen molar-refractivity contribution >= 4 is 22.0 Å². The zero-order valence-corrected chi connectivity index (χ0v) is 16.7. The average molecular weight is 398 g/mol. The van der Waals surface area contributed by atoms with Crippen LogP contribution in [0.4, 0.5) is 0 Å². The van der Waals surface area contributed by atoms with Crippen LogP contribution in [0.1, 0.15) is 35.7 Å². The Bertz CT molecular complexity index is 800. The van der Waals surface area contributed by atoms with Gasteiger partial charge in [0.1, 0.15) is 0 Å². The lowest BCUT2D eigenvalue weighted by Gasteiger charge is -2.35. The molecule has 0 atom stereocenters. The van der Waals surface area contributed by atoms with Crippen molar-refractivity contribution < 1.29 is 27.9 Å². The van der Waals surface area contributed by atoms with Gasteiger partial charge in [-0.25, -0.2) is 13.2 Å². The topological polar surface area (TPSA) is 104 Å². The Morgan fingerprint density at radius 2 is 1.93 bits per heavy atom. The van der Waals surface area contributed by atoms with Crippen molar-refractivity contribution in [2.24, 2.45) is 0 Å². The molecule has 2 rings (SSSR count). The van der Waals surface area contributed by atoms with E-state index in [2.05, 4.69) is 0 Å². The lowest BCUT2D eigenvalue weighted by molar-refractivity contribution is -0.138. The van der Waals surface area contributed by atoms with E-state index in [0.717, 1.165) is 0 Å². The summed E-state index contributed by atoms with van der Waals surface area (Å²) in [6.07, 6.45) is 1.11. The Labute approximate surface area is 159 Å². The fourth-order valence-corrected chi connectivity index (χ4v) is 4.94. The Morgan fingerprint density at radius 1 is 1.30 bits per heavy atom. The number of carbonyl (C=O) groups excluding carboxylic acids is 1. The van der Waals surface area contributed by atoms with Gasteiger partial charge in [-0.1, -0.05) is 6.07 Å². The molecule has 0 aromatic heterocycles. The Hall–Kier alpha value is -1.97. The van der Waals surface area contributed by atoms with Gasteiger partial charge in [-0.15, -0.1) is 0 Å². The largest absolute Gasteiger partial charge is 0.480 e. The second kappa shape index (κ2) is 8.81. The third-order valence-electron chi connectivity index (χ3n) is 4.75. The molecule has 1 aliphatic rings. The number of hydrogen-bond donors (Lipinski definition) is 1. The molecule has 0 spiro atoms. The Morgan fingerprint density at radius 3 is 2.48 bits per heavy atom. The first-order valence-electron chi connectivity index (χ1n) is 8.86. The van der Waals surface area contributed by atoms with E-state index in [0.29, 0.717) is 31.5 Å². The summed E-state index contributed by atoms with van der Waals surface area (Å²) in [5, 5.41) is 8.90. The Balaban J connectivity index is 2.16. The maximum absolute atomic E-state index is 13.1. The van der Waals surface area contributed by atoms with Crippen LogP contribution in [0.3, 0.4) is 0 Å². The SMILES string of the molecule is CCOC(=O)c1ccc(C)c(S(=O)(=O)N2CCC(N(C)CC(=O)O)CC2)c1. The Kier molecular flexibility index (Phi) is 6.96. The quantitative estimate of drug-likeness (QED) is 0.691. The molecule has 150 valence electrons. The third kappa shape index (κ3) is 5.06. The van der Waals surface area contributed by atoms with Gasteiger partial charge in [0, 0.05) is 19.1 Å². The summed E-state index contributed by atoms with van der Waals surface area (Å²) in [4.78, 5) is 24.6. The molecule has 0 radical (unpaired) electrons. The fraction of sp³-hybridized carbons (Fsp3) is 0.556. The molecule has 1 aliphatic heterocycles. The molecule has 0 saturated carbocycles. The van der Waals surface area contributed by atoms with E-state index >= 15 is 0 Å². The molecule has 0 amide bonds. The smallest absolute Gasteiger partial charge is 0.338 e. The van der Waals surface area contributed by atoms with Crippen LogP contribution in [0, 0.1) is 6.92 Å². The molecule has 9 heteroatoms. The van der Waals surface area contributed by atoms with Crippen molar-refractivity contribution in [2.75, 3.05) is 33.3 Å². The number of hydrogen-bond acceptors (Lipinski definition) is 6. The number of benzene rings is 1. The van der Waals surface area contributed by atoms with Crippen molar-refractivity contribution in [1.29, 1.82) is 0 Å². The van der Waals surface area contributed by atoms with Crippen molar-refractivity contribution in [2.45, 2.75) is 37.6 Å². The van der Waals surface area contributed by atoms with Crippen LogP contribution in [-0.4, -0.2) is 74.0 Å². The minimum absolute atomic E-state index is 0.0273. The van der Waals surface area contributed by atoms with Crippen molar-refractivity contribution in [1.82, 2.24) is 9.21 Å². The van der Waals surface area contributed by atoms with Crippen LogP contribution in [-0.2, 0) is 19.6 Å². The zero-order chi connectivity index (χ0) is 20.2. The fourth-order valence-electron chi connectivity index (χ4n) is 3.22. The van der Waals surface area contributed by atoms with E-state index in [-0.39, 0.29) is 29.7 Å². The van der Waals surface area contributed by atoms with Crippen molar-refractivity contribution in [3.8, 4) is 0 Å². The number of carboxylic acids is 1. The van der Waals surface area contributed by atoms with Gasteiger partial charge < -0.3 is 9.84 Å². The molecule has 27 heavy (non-hydrogen) atoms. The van der Waals surface area contributed by atoms with E-state index in [1.807, 2.05) is 0 Å². The highest BCUT2D eigenvalue weighted by Crippen LogP contribution is 2.26. The molecule has 1 N–H and O–H groups in total. The molecular weight excluding hydrogens is 372 g/mol. The lowest BCUT2D eigenvalue weighted by atomic mass is 10.1. The van der Waals surface area contributed by atoms with Crippen LogP contribution in [0.2, 0.25) is 0 Å². The molecule has 1 aromatic rings. The number of sulfonamides is 1. The molecule has 1 aromatic carbocycles. The number of aliphatic carboxylic acids is 1. The molecule has 8 nitrogen and oxygen atoms in total. The number of aryl methyl sites for hydroxylation is 1. The first kappa shape index (κ1) is 21.3. The number of nitrogens with zero attached hydrogens (tertiary/aromatic N) is 2. The summed E-state index contributed by atoms with van der Waals surface area (Å²) < 4.78 is 32.5. The average Bonchev–Trinajstić information content (AvgIpc) is 2.61. The standard InChI is InChI=1S/C18H26N2O6S/c1-4-26-18(23)14-6-5-13(2)16(11-14)27(24,25)20-9-7-15(8-10-20)19(3)12-17(21)22/h5-6,11,15H,4,7-10,12H2,1-3H3,(H,21,22). The summed E-state index contributed by atoms with van der Waals surface area (Å²) >= 11 is 0. The summed E-state index contributed by atoms with van der Waals surface area (Å²) in [5.41, 5.74) is 0.769. The molecule has 0 unspecified atom stereocenters. The van der Waals surface area contributed by atoms with E-state index < -0.39 is 22.0 Å². The van der Waals surface area contributed by atoms with Gasteiger partial charge in [0.2, 0.25) is 10.0 Å². The molecule has 1 saturated heterocycles. The molecule has 0 aliphatic carbocycles. The summed E-state index contributed by atoms with van der Waals surface area (Å²) in [6, 6.07) is 4.55. The first-order chi connectivity index (χ1) is 12.7. The number of ether oxygens (including phenoxy) is 1. The minimum atomic E-state index is -3.75. The van der Waals surface area contributed by atoms with Crippen LogP contribution in [0.5, 0.6) is 0 Å². The van der Waals surface area contributed by atoms with Gasteiger partial charge in [-0.05, 0) is 51.4 Å². The number of rotatable bonds is 7. The molecular formula is C18H26N2O6S. The summed E-state index contributed by atoms with van der Waals surface area (Å²) in [6.45, 7) is 4.13. The number of esters is 1. The predicted octanol–water partition coefficient (Wildman–Crippen LogP) is 1.34. The van der Waals surface area contributed by atoms with Crippen LogP contribution in [0.15, 0.2) is 23.1 Å². The van der Waals surface area contributed by atoms with Gasteiger partial charge in [0.25, 0.3) is 0 Å². The van der Waals surface area contributed by atoms with E-state index in [1.165, 1.54) is 10.4 Å². The van der Waals surface area contributed by atoms with E-state index in [1.54, 1.807) is 37.9 Å². The van der Waals surface area contributed by atoms with Gasteiger partial charge in [0.15, 0.2) is 0 Å². The predicted molar refractivity (Wildman–Crippen MR) is 99.2 cm³/mol. The van der Waals surface area contributed by atoms with Crippen LogP contribution >= 0.6 is 0 Å². The minimum Gasteiger partial charge on any atom is -0.480 e. The third-order valence-corrected chi connectivity index (χ3v) is 6.79. The normalized spacial score (nSPS) is 16.4. The highest BCUT2D eigenvalue weighted by Gasteiger charge is 2.32. The monoisotopic (exact) mass is 398 g/mol.